The number of hydrogen-bond donors (Lipinski definition) is 0. The standard InChI is InChI=1S/C14H14N4O2S/c1-3-6-18-13(12-5-4-7-19-12)15-16-14(18)21-9-11-8-10(2)20-17-11/h3-5,7-8H,1,6,9H2,2H3. The van der Waals surface area contributed by atoms with Gasteiger partial charge in [-0.15, -0.1) is 16.8 Å². The summed E-state index contributed by atoms with van der Waals surface area (Å²) in [6.07, 6.45) is 3.42. The highest BCUT2D eigenvalue weighted by molar-refractivity contribution is 7.98. The van der Waals surface area contributed by atoms with Gasteiger partial charge >= 0.3 is 0 Å². The smallest absolute Gasteiger partial charge is 0.200 e. The van der Waals surface area contributed by atoms with Crippen LogP contribution < -0.4 is 0 Å². The first-order chi connectivity index (χ1) is 10.3. The van der Waals surface area contributed by atoms with Crippen molar-refractivity contribution in [3.63, 3.8) is 0 Å². The zero-order valence-electron chi connectivity index (χ0n) is 11.5. The SMILES string of the molecule is C=CCn1c(SCc2cc(C)on2)nnc1-c1ccco1. The van der Waals surface area contributed by atoms with E-state index >= 15 is 0 Å². The number of nitrogens with zero attached hydrogens (tertiary/aromatic N) is 4. The van der Waals surface area contributed by atoms with Crippen molar-refractivity contribution in [1.29, 1.82) is 0 Å². The number of aromatic nitrogens is 4. The third kappa shape index (κ3) is 2.92. The molecule has 0 unspecified atom stereocenters. The van der Waals surface area contributed by atoms with Crippen molar-refractivity contribution in [2.24, 2.45) is 0 Å². The molecule has 0 saturated heterocycles. The second kappa shape index (κ2) is 6.01. The maximum absolute atomic E-state index is 5.39. The number of furan rings is 1. The van der Waals surface area contributed by atoms with E-state index in [-0.39, 0.29) is 0 Å². The summed E-state index contributed by atoms with van der Waals surface area (Å²) in [7, 11) is 0. The molecule has 0 radical (unpaired) electrons. The van der Waals surface area contributed by atoms with Crippen LogP contribution in [-0.4, -0.2) is 19.9 Å². The van der Waals surface area contributed by atoms with Crippen LogP contribution in [0.5, 0.6) is 0 Å². The first-order valence-corrected chi connectivity index (χ1v) is 7.39. The van der Waals surface area contributed by atoms with E-state index in [1.807, 2.05) is 29.7 Å². The molecular formula is C14H14N4O2S. The number of rotatable bonds is 6. The molecule has 3 heterocycles. The molecule has 3 aromatic rings. The first-order valence-electron chi connectivity index (χ1n) is 6.41. The fourth-order valence-corrected chi connectivity index (χ4v) is 2.73. The molecule has 0 spiro atoms. The Kier molecular flexibility index (Phi) is 3.92. The van der Waals surface area contributed by atoms with Crippen LogP contribution in [0.2, 0.25) is 0 Å². The Morgan fingerprint density at radius 2 is 2.33 bits per heavy atom. The van der Waals surface area contributed by atoms with Crippen LogP contribution in [0.4, 0.5) is 0 Å². The third-order valence-corrected chi connectivity index (χ3v) is 3.80. The van der Waals surface area contributed by atoms with Crippen molar-refractivity contribution in [2.45, 2.75) is 24.4 Å². The molecule has 3 aromatic heterocycles. The van der Waals surface area contributed by atoms with E-state index in [4.69, 9.17) is 8.94 Å². The molecule has 6 nitrogen and oxygen atoms in total. The van der Waals surface area contributed by atoms with E-state index < -0.39 is 0 Å². The summed E-state index contributed by atoms with van der Waals surface area (Å²) in [6, 6.07) is 5.60. The predicted molar refractivity (Wildman–Crippen MR) is 78.7 cm³/mol. The lowest BCUT2D eigenvalue weighted by Gasteiger charge is -2.05. The summed E-state index contributed by atoms with van der Waals surface area (Å²) in [5, 5.41) is 13.2. The fourth-order valence-electron chi connectivity index (χ4n) is 1.90. The van der Waals surface area contributed by atoms with E-state index in [1.54, 1.807) is 24.1 Å². The molecule has 0 atom stereocenters. The van der Waals surface area contributed by atoms with Crippen molar-refractivity contribution >= 4 is 11.8 Å². The first kappa shape index (κ1) is 13.7. The van der Waals surface area contributed by atoms with Crippen LogP contribution in [0, 0.1) is 6.92 Å². The van der Waals surface area contributed by atoms with Gasteiger partial charge in [-0.25, -0.2) is 0 Å². The molecule has 0 aliphatic heterocycles. The highest BCUT2D eigenvalue weighted by Crippen LogP contribution is 2.26. The molecule has 21 heavy (non-hydrogen) atoms. The van der Waals surface area contributed by atoms with Gasteiger partial charge in [-0.1, -0.05) is 23.0 Å². The zero-order valence-corrected chi connectivity index (χ0v) is 12.3. The Bertz CT molecular complexity index is 730. The summed E-state index contributed by atoms with van der Waals surface area (Å²) >= 11 is 1.55. The fraction of sp³-hybridized carbons (Fsp3) is 0.214. The summed E-state index contributed by atoms with van der Waals surface area (Å²) in [4.78, 5) is 0. The molecule has 0 amide bonds. The van der Waals surface area contributed by atoms with E-state index in [1.165, 1.54) is 0 Å². The van der Waals surface area contributed by atoms with Gasteiger partial charge in [0.2, 0.25) is 5.82 Å². The lowest BCUT2D eigenvalue weighted by molar-refractivity contribution is 0.393. The number of aryl methyl sites for hydroxylation is 1. The number of allylic oxidation sites excluding steroid dienone is 1. The minimum Gasteiger partial charge on any atom is -0.461 e. The van der Waals surface area contributed by atoms with E-state index in [9.17, 15) is 0 Å². The average molecular weight is 302 g/mol. The van der Waals surface area contributed by atoms with Crippen molar-refractivity contribution < 1.29 is 8.94 Å². The largest absolute Gasteiger partial charge is 0.461 e. The Hall–Kier alpha value is -2.28. The minimum atomic E-state index is 0.614. The average Bonchev–Trinajstić information content (AvgIpc) is 3.18. The summed E-state index contributed by atoms with van der Waals surface area (Å²) in [5.41, 5.74) is 0.880. The third-order valence-electron chi connectivity index (χ3n) is 2.80. The lowest BCUT2D eigenvalue weighted by Crippen LogP contribution is -2.00. The van der Waals surface area contributed by atoms with Crippen molar-refractivity contribution in [3.05, 3.63) is 48.6 Å². The van der Waals surface area contributed by atoms with Gasteiger partial charge in [0.1, 0.15) is 5.76 Å². The molecule has 0 fully saturated rings. The van der Waals surface area contributed by atoms with Gasteiger partial charge in [-0.3, -0.25) is 4.57 Å². The maximum Gasteiger partial charge on any atom is 0.200 e. The zero-order chi connectivity index (χ0) is 14.7. The highest BCUT2D eigenvalue weighted by Gasteiger charge is 2.16. The van der Waals surface area contributed by atoms with Gasteiger partial charge in [-0.05, 0) is 19.1 Å². The van der Waals surface area contributed by atoms with Crippen LogP contribution in [-0.2, 0) is 12.3 Å². The Balaban J connectivity index is 1.83. The summed E-state index contributed by atoms with van der Waals surface area (Å²) in [6.45, 7) is 6.26. The molecule has 3 rings (SSSR count). The van der Waals surface area contributed by atoms with Gasteiger partial charge in [0.25, 0.3) is 0 Å². The van der Waals surface area contributed by atoms with Gasteiger partial charge in [0.05, 0.1) is 12.0 Å². The van der Waals surface area contributed by atoms with Crippen molar-refractivity contribution in [2.75, 3.05) is 0 Å². The van der Waals surface area contributed by atoms with E-state index in [0.717, 1.165) is 16.6 Å². The van der Waals surface area contributed by atoms with Crippen LogP contribution in [0.25, 0.3) is 11.6 Å². The van der Waals surface area contributed by atoms with Gasteiger partial charge < -0.3 is 8.94 Å². The second-order valence-corrected chi connectivity index (χ2v) is 5.34. The van der Waals surface area contributed by atoms with Crippen molar-refractivity contribution in [1.82, 2.24) is 19.9 Å². The maximum atomic E-state index is 5.39. The van der Waals surface area contributed by atoms with Crippen LogP contribution in [0.3, 0.4) is 0 Å². The number of hydrogen-bond acceptors (Lipinski definition) is 6. The molecule has 0 aromatic carbocycles. The topological polar surface area (TPSA) is 69.9 Å². The van der Waals surface area contributed by atoms with Crippen molar-refractivity contribution in [3.8, 4) is 11.6 Å². The Labute approximate surface area is 125 Å². The molecule has 108 valence electrons. The lowest BCUT2D eigenvalue weighted by atomic mass is 10.4. The Morgan fingerprint density at radius 3 is 3.00 bits per heavy atom. The Morgan fingerprint density at radius 1 is 1.43 bits per heavy atom. The molecule has 7 heteroatoms. The van der Waals surface area contributed by atoms with E-state index in [0.29, 0.717) is 23.9 Å². The monoisotopic (exact) mass is 302 g/mol. The molecule has 0 aliphatic rings. The molecule has 0 saturated carbocycles. The van der Waals surface area contributed by atoms with Crippen LogP contribution in [0.15, 0.2) is 51.2 Å². The normalized spacial score (nSPS) is 10.9. The minimum absolute atomic E-state index is 0.614. The van der Waals surface area contributed by atoms with E-state index in [2.05, 4.69) is 21.9 Å². The highest BCUT2D eigenvalue weighted by atomic mass is 32.2. The molecule has 0 bridgehead atoms. The van der Waals surface area contributed by atoms with Crippen LogP contribution in [0.1, 0.15) is 11.5 Å². The van der Waals surface area contributed by atoms with Gasteiger partial charge in [0.15, 0.2) is 10.9 Å². The molecule has 0 aliphatic carbocycles. The quantitative estimate of drug-likeness (QED) is 0.514. The summed E-state index contributed by atoms with van der Waals surface area (Å²) in [5.74, 6) is 2.85. The second-order valence-electron chi connectivity index (χ2n) is 4.40. The van der Waals surface area contributed by atoms with Crippen LogP contribution >= 0.6 is 11.8 Å². The van der Waals surface area contributed by atoms with Gasteiger partial charge in [0, 0.05) is 18.4 Å². The number of thioether (sulfide) groups is 1. The molecular weight excluding hydrogens is 288 g/mol. The predicted octanol–water partition coefficient (Wildman–Crippen LogP) is 3.31. The molecule has 0 N–H and O–H groups in total. The van der Waals surface area contributed by atoms with Gasteiger partial charge in [-0.2, -0.15) is 0 Å². The summed E-state index contributed by atoms with van der Waals surface area (Å²) < 4.78 is 12.4.